The molecule has 22 heavy (non-hydrogen) atoms. The van der Waals surface area contributed by atoms with E-state index < -0.39 is 23.9 Å². The van der Waals surface area contributed by atoms with E-state index in [1.54, 1.807) is 24.3 Å². The Morgan fingerprint density at radius 1 is 1.32 bits per heavy atom. The highest BCUT2D eigenvalue weighted by molar-refractivity contribution is 6.38. The van der Waals surface area contributed by atoms with E-state index in [0.717, 1.165) is 5.06 Å². The molecule has 1 saturated heterocycles. The van der Waals surface area contributed by atoms with E-state index in [9.17, 15) is 14.7 Å². The summed E-state index contributed by atoms with van der Waals surface area (Å²) in [6.07, 6.45) is -1.79. The number of β-amino-alcohol motifs (C(OH)–C–C–N with tert-alkyl or cyclic N) is 1. The Labute approximate surface area is 134 Å². The monoisotopic (exact) mass is 326 g/mol. The number of aliphatic hydroxyl groups is 1. The van der Waals surface area contributed by atoms with Crippen LogP contribution in [0.3, 0.4) is 0 Å². The van der Waals surface area contributed by atoms with Crippen LogP contribution in [0.1, 0.15) is 25.5 Å². The molecule has 1 aromatic carbocycles. The van der Waals surface area contributed by atoms with Crippen molar-refractivity contribution in [2.24, 2.45) is 0 Å². The van der Waals surface area contributed by atoms with Crippen molar-refractivity contribution in [2.45, 2.75) is 32.1 Å². The number of halogens is 1. The smallest absolute Gasteiger partial charge is 0.316 e. The Hall–Kier alpha value is -1.47. The lowest BCUT2D eigenvalue weighted by molar-refractivity contribution is -0.180. The van der Waals surface area contributed by atoms with Gasteiger partial charge >= 0.3 is 5.91 Å². The number of nitrogens with one attached hydrogen (secondary N) is 1. The summed E-state index contributed by atoms with van der Waals surface area (Å²) in [7, 11) is 0. The van der Waals surface area contributed by atoms with Gasteiger partial charge in [0, 0.05) is 17.6 Å². The van der Waals surface area contributed by atoms with E-state index >= 15 is 0 Å². The minimum absolute atomic E-state index is 0.0611. The first-order valence-corrected chi connectivity index (χ1v) is 7.45. The zero-order chi connectivity index (χ0) is 16.3. The van der Waals surface area contributed by atoms with Gasteiger partial charge in [-0.3, -0.25) is 14.4 Å². The number of hydrogen-bond donors (Lipinski definition) is 2. The molecule has 2 atom stereocenters. The zero-order valence-corrected chi connectivity index (χ0v) is 13.2. The molecule has 7 heteroatoms. The summed E-state index contributed by atoms with van der Waals surface area (Å²) in [5, 5.41) is 14.4. The number of benzene rings is 1. The average molecular weight is 327 g/mol. The maximum atomic E-state index is 12.0. The lowest BCUT2D eigenvalue weighted by Crippen LogP contribution is -2.40. The lowest BCUT2D eigenvalue weighted by atomic mass is 10.1. The van der Waals surface area contributed by atoms with Gasteiger partial charge in [-0.05, 0) is 17.7 Å². The van der Waals surface area contributed by atoms with Crippen molar-refractivity contribution < 1.29 is 19.5 Å². The van der Waals surface area contributed by atoms with E-state index in [2.05, 4.69) is 5.32 Å². The Balaban J connectivity index is 1.99. The van der Waals surface area contributed by atoms with Gasteiger partial charge in [0.2, 0.25) is 0 Å². The molecular weight excluding hydrogens is 308 g/mol. The maximum absolute atomic E-state index is 12.0. The predicted octanol–water partition coefficient (Wildman–Crippen LogP) is 1.08. The Morgan fingerprint density at radius 2 is 1.95 bits per heavy atom. The summed E-state index contributed by atoms with van der Waals surface area (Å²) >= 11 is 5.80. The van der Waals surface area contributed by atoms with Crippen molar-refractivity contribution in [3.05, 3.63) is 34.9 Å². The highest BCUT2D eigenvalue weighted by atomic mass is 35.5. The fourth-order valence-corrected chi connectivity index (χ4v) is 2.19. The second-order valence-electron chi connectivity index (χ2n) is 5.48. The van der Waals surface area contributed by atoms with Crippen LogP contribution in [0.25, 0.3) is 0 Å². The van der Waals surface area contributed by atoms with E-state index in [0.29, 0.717) is 17.1 Å². The third kappa shape index (κ3) is 4.04. The first-order valence-electron chi connectivity index (χ1n) is 7.08. The van der Waals surface area contributed by atoms with Crippen LogP contribution in [0.4, 0.5) is 0 Å². The summed E-state index contributed by atoms with van der Waals surface area (Å²) < 4.78 is 0. The van der Waals surface area contributed by atoms with Gasteiger partial charge in [-0.25, -0.2) is 5.06 Å². The number of ketones is 1. The second kappa shape index (κ2) is 7.19. The molecule has 0 saturated carbocycles. The van der Waals surface area contributed by atoms with Crippen molar-refractivity contribution in [1.29, 1.82) is 0 Å². The van der Waals surface area contributed by atoms with Gasteiger partial charge < -0.3 is 10.4 Å². The van der Waals surface area contributed by atoms with Gasteiger partial charge in [-0.1, -0.05) is 37.6 Å². The van der Waals surface area contributed by atoms with Crippen LogP contribution >= 0.6 is 11.6 Å². The van der Waals surface area contributed by atoms with Crippen LogP contribution < -0.4 is 5.32 Å². The van der Waals surface area contributed by atoms with Crippen LogP contribution in [0.2, 0.25) is 5.02 Å². The Kier molecular flexibility index (Phi) is 5.52. The molecule has 0 aromatic heterocycles. The van der Waals surface area contributed by atoms with Crippen LogP contribution in [0.5, 0.6) is 0 Å². The minimum Gasteiger partial charge on any atom is -0.390 e. The molecule has 0 bridgehead atoms. The molecule has 0 spiro atoms. The van der Waals surface area contributed by atoms with Crippen molar-refractivity contribution in [1.82, 2.24) is 10.4 Å². The van der Waals surface area contributed by atoms with Crippen molar-refractivity contribution in [2.75, 3.05) is 13.1 Å². The zero-order valence-electron chi connectivity index (χ0n) is 12.5. The highest BCUT2D eigenvalue weighted by Crippen LogP contribution is 2.27. The van der Waals surface area contributed by atoms with Crippen LogP contribution in [0, 0.1) is 0 Å². The molecule has 1 fully saturated rings. The molecule has 1 aliphatic heterocycles. The number of rotatable bonds is 6. The lowest BCUT2D eigenvalue weighted by Gasteiger charge is -2.20. The quantitative estimate of drug-likeness (QED) is 0.765. The van der Waals surface area contributed by atoms with Gasteiger partial charge in [-0.15, -0.1) is 0 Å². The summed E-state index contributed by atoms with van der Waals surface area (Å²) in [5.41, 5.74) is 0.556. The number of amides is 1. The number of nitrogens with zero attached hydrogens (tertiary/aromatic N) is 1. The molecule has 1 heterocycles. The first-order chi connectivity index (χ1) is 10.4. The van der Waals surface area contributed by atoms with Crippen LogP contribution in [0.15, 0.2) is 24.3 Å². The van der Waals surface area contributed by atoms with Crippen LogP contribution in [-0.4, -0.2) is 47.1 Å². The molecule has 2 unspecified atom stereocenters. The average Bonchev–Trinajstić information content (AvgIpc) is 2.74. The highest BCUT2D eigenvalue weighted by Gasteiger charge is 2.42. The van der Waals surface area contributed by atoms with E-state index in [4.69, 9.17) is 16.4 Å². The van der Waals surface area contributed by atoms with Gasteiger partial charge in [0.15, 0.2) is 6.10 Å². The predicted molar refractivity (Wildman–Crippen MR) is 81.1 cm³/mol. The first kappa shape index (κ1) is 16.9. The van der Waals surface area contributed by atoms with E-state index in [1.165, 1.54) is 0 Å². The molecule has 0 aliphatic carbocycles. The Bertz CT molecular complexity index is 547. The molecule has 1 aliphatic rings. The number of hydrogen-bond acceptors (Lipinski definition) is 5. The molecule has 120 valence electrons. The van der Waals surface area contributed by atoms with Gasteiger partial charge in [-0.2, -0.15) is 0 Å². The molecule has 1 aromatic rings. The number of hydroxylamine groups is 2. The van der Waals surface area contributed by atoms with Gasteiger partial charge in [0.25, 0.3) is 5.78 Å². The second-order valence-corrected chi connectivity index (χ2v) is 5.92. The number of aliphatic hydroxyl groups excluding tert-OH is 1. The molecule has 2 N–H and O–H groups in total. The van der Waals surface area contributed by atoms with E-state index in [1.807, 2.05) is 13.8 Å². The normalized spacial score (nSPS) is 20.0. The Morgan fingerprint density at radius 3 is 2.55 bits per heavy atom. The van der Waals surface area contributed by atoms with Gasteiger partial charge in [0.05, 0.1) is 12.6 Å². The standard InChI is InChI=1S/C15H19ClN2O4/c1-9(2)17-7-12(19)8-18-15(21)13(20)14(22-18)10-3-5-11(16)6-4-10/h3-6,9,12,14,17,19H,7-8H2,1-2H3. The molecule has 6 nitrogen and oxygen atoms in total. The fraction of sp³-hybridized carbons (Fsp3) is 0.467. The largest absolute Gasteiger partial charge is 0.390 e. The van der Waals surface area contributed by atoms with E-state index in [-0.39, 0.29) is 12.6 Å². The van der Waals surface area contributed by atoms with Crippen molar-refractivity contribution in [3.63, 3.8) is 0 Å². The molecule has 2 rings (SSSR count). The van der Waals surface area contributed by atoms with Crippen molar-refractivity contribution in [3.8, 4) is 0 Å². The SMILES string of the molecule is CC(C)NCC(O)CN1OC(c2ccc(Cl)cc2)C(=O)C1=O. The maximum Gasteiger partial charge on any atom is 0.316 e. The topological polar surface area (TPSA) is 78.9 Å². The van der Waals surface area contributed by atoms with Crippen molar-refractivity contribution >= 4 is 23.3 Å². The molecular formula is C15H19ClN2O4. The number of carbonyl (C=O) groups is 2. The van der Waals surface area contributed by atoms with Crippen LogP contribution in [-0.2, 0) is 14.4 Å². The summed E-state index contributed by atoms with van der Waals surface area (Å²) in [4.78, 5) is 29.3. The third-order valence-electron chi connectivity index (χ3n) is 3.22. The summed E-state index contributed by atoms with van der Waals surface area (Å²) in [6, 6.07) is 6.74. The third-order valence-corrected chi connectivity index (χ3v) is 3.47. The molecule has 0 radical (unpaired) electrons. The molecule has 1 amide bonds. The summed E-state index contributed by atoms with van der Waals surface area (Å²) in [6.45, 7) is 4.15. The number of Topliss-reactive ketones (excluding diaryl/α,β-unsaturated/α-hetero) is 1. The summed E-state index contributed by atoms with van der Waals surface area (Å²) in [5.74, 6) is -1.39. The van der Waals surface area contributed by atoms with Gasteiger partial charge in [0.1, 0.15) is 0 Å². The minimum atomic E-state index is -0.977. The fourth-order valence-electron chi connectivity index (χ4n) is 2.06. The number of carbonyl (C=O) groups excluding carboxylic acids is 2.